The van der Waals surface area contributed by atoms with E-state index in [1.165, 1.54) is 56.9 Å². The molecule has 5 N–H and O–H groups in total. The Morgan fingerprint density at radius 1 is 0.871 bits per heavy atom. The second-order valence-corrected chi connectivity index (χ2v) is 9.50. The third-order valence-electron chi connectivity index (χ3n) is 5.27. The van der Waals surface area contributed by atoms with Crippen LogP contribution in [0.5, 0.6) is 0 Å². The highest BCUT2D eigenvalue weighted by Gasteiger charge is 2.22. The fraction of sp³-hybridized carbons (Fsp3) is 0.680. The molecular formula is C25H46N3O3+. The number of hydrogen-bond donors (Lipinski definition) is 3. The first-order valence-corrected chi connectivity index (χ1v) is 11.6. The molecule has 1 aromatic carbocycles. The smallest absolute Gasteiger partial charge is 0.305 e. The number of likely N-dealkylation sites (N-methyl/N-ethyl adjacent to an activating group) is 1. The molecule has 178 valence electrons. The van der Waals surface area contributed by atoms with E-state index in [1.807, 2.05) is 21.1 Å². The van der Waals surface area contributed by atoms with Crippen LogP contribution in [0.2, 0.25) is 0 Å². The number of quaternary nitrogens is 1. The minimum atomic E-state index is -0.867. The van der Waals surface area contributed by atoms with Crippen molar-refractivity contribution in [2.24, 2.45) is 0 Å². The minimum Gasteiger partial charge on any atom is -0.481 e. The van der Waals surface area contributed by atoms with Gasteiger partial charge in [0.25, 0.3) is 0 Å². The van der Waals surface area contributed by atoms with Gasteiger partial charge in [0.15, 0.2) is 0 Å². The summed E-state index contributed by atoms with van der Waals surface area (Å²) in [5, 5.41) is 12.0. The quantitative estimate of drug-likeness (QED) is 0.237. The van der Waals surface area contributed by atoms with Gasteiger partial charge in [-0.2, -0.15) is 0 Å². The summed E-state index contributed by atoms with van der Waals surface area (Å²) < 4.78 is 0.629. The van der Waals surface area contributed by atoms with Crippen molar-refractivity contribution in [2.45, 2.75) is 83.1 Å². The molecule has 0 aromatic heterocycles. The van der Waals surface area contributed by atoms with Crippen molar-refractivity contribution >= 4 is 11.9 Å². The maximum absolute atomic E-state index is 12.1. The number of unbranched alkanes of at least 4 members (excludes halogenated alkanes) is 8. The highest BCUT2D eigenvalue weighted by molar-refractivity contribution is 5.77. The van der Waals surface area contributed by atoms with Gasteiger partial charge >= 0.3 is 5.97 Å². The number of nitrogens with one attached hydrogen (secondary N) is 1. The Bertz CT molecular complexity index is 600. The Morgan fingerprint density at radius 2 is 1.39 bits per heavy atom. The average molecular weight is 437 g/mol. The van der Waals surface area contributed by atoms with E-state index in [-0.39, 0.29) is 24.5 Å². The number of hydrogen-bond acceptors (Lipinski definition) is 3. The summed E-state index contributed by atoms with van der Waals surface area (Å²) in [5.41, 5.74) is 1.44. The molecule has 0 aliphatic heterocycles. The predicted octanol–water partition coefficient (Wildman–Crippen LogP) is 4.96. The molecule has 0 aliphatic rings. The third kappa shape index (κ3) is 17.5. The maximum atomic E-state index is 12.1. The molecule has 1 aromatic rings. The van der Waals surface area contributed by atoms with Crippen LogP contribution in [0, 0.1) is 0 Å². The summed E-state index contributed by atoms with van der Waals surface area (Å²) in [5.74, 6) is -0.887. The van der Waals surface area contributed by atoms with Gasteiger partial charge in [-0.15, -0.1) is 0 Å². The Balaban J connectivity index is 0.00000900. The third-order valence-corrected chi connectivity index (χ3v) is 5.27. The Kier molecular flexibility index (Phi) is 15.7. The van der Waals surface area contributed by atoms with Crippen molar-refractivity contribution in [3.05, 3.63) is 35.9 Å². The highest BCUT2D eigenvalue weighted by atomic mass is 16.4. The molecule has 31 heavy (non-hydrogen) atoms. The van der Waals surface area contributed by atoms with E-state index >= 15 is 0 Å². The first-order chi connectivity index (χ1) is 14.3. The molecule has 1 rings (SSSR count). The van der Waals surface area contributed by atoms with Gasteiger partial charge in [-0.05, 0) is 24.8 Å². The standard InChI is InChI=1S/C25H42N2O3.H3N/c1-27(2,3)21-23(20-25(29)30)26-24(28)19-15-10-8-6-4-5-7-9-12-16-22-17-13-11-14-18-22;/h11,13-14,17-18,23H,4-10,12,15-16,19-21H2,1-3H3,(H-,26,28,29,30);1H3/p+1/t23-;/m1./s1. The Morgan fingerprint density at radius 3 is 1.90 bits per heavy atom. The van der Waals surface area contributed by atoms with Crippen LogP contribution in [0.1, 0.15) is 76.2 Å². The van der Waals surface area contributed by atoms with Crippen molar-refractivity contribution in [3.8, 4) is 0 Å². The van der Waals surface area contributed by atoms with Gasteiger partial charge < -0.3 is 21.1 Å². The molecule has 0 spiro atoms. The van der Waals surface area contributed by atoms with Crippen molar-refractivity contribution < 1.29 is 19.2 Å². The van der Waals surface area contributed by atoms with E-state index in [2.05, 4.69) is 35.6 Å². The predicted molar refractivity (Wildman–Crippen MR) is 128 cm³/mol. The first kappa shape index (κ1) is 29.1. The summed E-state index contributed by atoms with van der Waals surface area (Å²) >= 11 is 0. The maximum Gasteiger partial charge on any atom is 0.305 e. The van der Waals surface area contributed by atoms with E-state index in [0.29, 0.717) is 17.4 Å². The second kappa shape index (κ2) is 16.7. The lowest BCUT2D eigenvalue weighted by atomic mass is 10.0. The van der Waals surface area contributed by atoms with Gasteiger partial charge in [-0.1, -0.05) is 75.3 Å². The molecule has 0 fully saturated rings. The van der Waals surface area contributed by atoms with Crippen molar-refractivity contribution in [1.29, 1.82) is 0 Å². The van der Waals surface area contributed by atoms with Gasteiger partial charge in [0.1, 0.15) is 0 Å². The topological polar surface area (TPSA) is 101 Å². The molecule has 0 saturated heterocycles. The summed E-state index contributed by atoms with van der Waals surface area (Å²) in [4.78, 5) is 23.2. The van der Waals surface area contributed by atoms with Crippen LogP contribution in [-0.2, 0) is 16.0 Å². The zero-order valence-corrected chi connectivity index (χ0v) is 20.1. The molecule has 1 atom stereocenters. The zero-order chi connectivity index (χ0) is 22.2. The number of benzene rings is 1. The molecule has 0 bridgehead atoms. The number of amides is 1. The molecule has 0 saturated carbocycles. The van der Waals surface area contributed by atoms with Crippen LogP contribution in [0.4, 0.5) is 0 Å². The van der Waals surface area contributed by atoms with Crippen LogP contribution >= 0.6 is 0 Å². The largest absolute Gasteiger partial charge is 0.481 e. The number of aliphatic carboxylic acids is 1. The molecule has 0 aliphatic carbocycles. The summed E-state index contributed by atoms with van der Waals surface area (Å²) in [6, 6.07) is 10.4. The van der Waals surface area contributed by atoms with Crippen LogP contribution < -0.4 is 11.5 Å². The fourth-order valence-electron chi connectivity index (χ4n) is 3.83. The zero-order valence-electron chi connectivity index (χ0n) is 20.1. The van der Waals surface area contributed by atoms with Crippen molar-refractivity contribution in [2.75, 3.05) is 27.7 Å². The van der Waals surface area contributed by atoms with Gasteiger partial charge in [0.2, 0.25) is 5.91 Å². The SMILES string of the molecule is C[N+](C)(C)C[C@@H](CC(=O)O)NC(=O)CCCCCCCCCCCc1ccccc1.N. The van der Waals surface area contributed by atoms with Gasteiger partial charge in [-0.25, -0.2) is 0 Å². The lowest BCUT2D eigenvalue weighted by molar-refractivity contribution is -0.871. The first-order valence-electron chi connectivity index (χ1n) is 11.6. The summed E-state index contributed by atoms with van der Waals surface area (Å²) in [6.07, 6.45) is 12.5. The monoisotopic (exact) mass is 436 g/mol. The number of nitrogens with zero attached hydrogens (tertiary/aromatic N) is 1. The van der Waals surface area contributed by atoms with Crippen molar-refractivity contribution in [1.82, 2.24) is 11.5 Å². The molecule has 6 nitrogen and oxygen atoms in total. The lowest BCUT2D eigenvalue weighted by Gasteiger charge is -2.29. The van der Waals surface area contributed by atoms with Crippen LogP contribution in [0.3, 0.4) is 0 Å². The number of carboxylic acid groups (broad SMARTS) is 1. The number of rotatable bonds is 17. The van der Waals surface area contributed by atoms with Crippen LogP contribution in [0.25, 0.3) is 0 Å². The van der Waals surface area contributed by atoms with Gasteiger partial charge in [0.05, 0.1) is 40.2 Å². The number of carboxylic acids is 1. The Hall–Kier alpha value is -1.92. The van der Waals surface area contributed by atoms with Gasteiger partial charge in [-0.3, -0.25) is 9.59 Å². The fourth-order valence-corrected chi connectivity index (χ4v) is 3.83. The van der Waals surface area contributed by atoms with Crippen LogP contribution in [0.15, 0.2) is 30.3 Å². The van der Waals surface area contributed by atoms with Gasteiger partial charge in [0, 0.05) is 6.42 Å². The molecule has 0 unspecified atom stereocenters. The number of carbonyl (C=O) groups excluding carboxylic acids is 1. The van der Waals surface area contributed by atoms with Crippen LogP contribution in [-0.4, -0.2) is 55.2 Å². The second-order valence-electron chi connectivity index (χ2n) is 9.50. The summed E-state index contributed by atoms with van der Waals surface area (Å²) in [6.45, 7) is 0.614. The van der Waals surface area contributed by atoms with E-state index in [4.69, 9.17) is 5.11 Å². The van der Waals surface area contributed by atoms with Crippen molar-refractivity contribution in [3.63, 3.8) is 0 Å². The molecule has 1 amide bonds. The number of carbonyl (C=O) groups is 2. The molecular weight excluding hydrogens is 390 g/mol. The van der Waals surface area contributed by atoms with E-state index in [1.54, 1.807) is 0 Å². The minimum absolute atomic E-state index is 0. The molecule has 0 heterocycles. The molecule has 6 heteroatoms. The highest BCUT2D eigenvalue weighted by Crippen LogP contribution is 2.12. The normalized spacial score (nSPS) is 12.1. The number of aryl methyl sites for hydroxylation is 1. The average Bonchev–Trinajstić information content (AvgIpc) is 2.65. The Labute approximate surface area is 189 Å². The van der Waals surface area contributed by atoms with E-state index in [0.717, 1.165) is 12.8 Å². The summed E-state index contributed by atoms with van der Waals surface area (Å²) in [7, 11) is 6.01. The lowest BCUT2D eigenvalue weighted by Crippen LogP contribution is -2.49. The van der Waals surface area contributed by atoms with E-state index < -0.39 is 5.97 Å². The molecule has 0 radical (unpaired) electrons. The van der Waals surface area contributed by atoms with E-state index in [9.17, 15) is 9.59 Å².